The largest absolute Gasteiger partial charge is 0.383 e. The number of benzene rings is 1. The van der Waals surface area contributed by atoms with Crippen molar-refractivity contribution < 1.29 is 9.53 Å². The van der Waals surface area contributed by atoms with E-state index in [2.05, 4.69) is 21.2 Å². The molecule has 5 heteroatoms. The first kappa shape index (κ1) is 15.5. The van der Waals surface area contributed by atoms with Crippen LogP contribution in [0, 0.1) is 6.92 Å². The molecule has 1 atom stereocenters. The Labute approximate surface area is 121 Å². The maximum absolute atomic E-state index is 12.0. The third-order valence-corrected chi connectivity index (χ3v) is 3.46. The summed E-state index contributed by atoms with van der Waals surface area (Å²) < 4.78 is 5.07. The fourth-order valence-electron chi connectivity index (χ4n) is 1.53. The predicted molar refractivity (Wildman–Crippen MR) is 77.7 cm³/mol. The monoisotopic (exact) mass is 333 g/mol. The summed E-state index contributed by atoms with van der Waals surface area (Å²) in [5.41, 5.74) is 1.53. The van der Waals surface area contributed by atoms with Gasteiger partial charge in [0.15, 0.2) is 0 Å². The van der Waals surface area contributed by atoms with Crippen LogP contribution < -0.4 is 5.32 Å². The van der Waals surface area contributed by atoms with Crippen molar-refractivity contribution in [2.24, 2.45) is 0 Å². The van der Waals surface area contributed by atoms with E-state index in [-0.39, 0.29) is 11.9 Å². The Morgan fingerprint density at radius 2 is 2.28 bits per heavy atom. The molecule has 1 aromatic carbocycles. The lowest BCUT2D eigenvalue weighted by Gasteiger charge is -2.17. The number of hydrogen-bond donors (Lipinski definition) is 1. The SMILES string of the molecule is COCC(CCBr)NC(=O)c1ccc(C)c(Cl)c1. The molecular formula is C13H17BrClNO2. The molecule has 100 valence electrons. The maximum atomic E-state index is 12.0. The summed E-state index contributed by atoms with van der Waals surface area (Å²) in [7, 11) is 1.62. The Kier molecular flexibility index (Phi) is 6.68. The van der Waals surface area contributed by atoms with E-state index >= 15 is 0 Å². The van der Waals surface area contributed by atoms with Gasteiger partial charge >= 0.3 is 0 Å². The van der Waals surface area contributed by atoms with Gasteiger partial charge in [-0.3, -0.25) is 4.79 Å². The summed E-state index contributed by atoms with van der Waals surface area (Å²) in [6, 6.07) is 5.30. The molecule has 1 N–H and O–H groups in total. The van der Waals surface area contributed by atoms with Crippen molar-refractivity contribution in [2.75, 3.05) is 19.0 Å². The van der Waals surface area contributed by atoms with E-state index in [9.17, 15) is 4.79 Å². The highest BCUT2D eigenvalue weighted by Gasteiger charge is 2.13. The molecule has 1 rings (SSSR count). The van der Waals surface area contributed by atoms with Crippen LogP contribution in [-0.2, 0) is 4.74 Å². The van der Waals surface area contributed by atoms with Gasteiger partial charge in [0, 0.05) is 23.0 Å². The highest BCUT2D eigenvalue weighted by Crippen LogP contribution is 2.16. The zero-order valence-corrected chi connectivity index (χ0v) is 12.8. The van der Waals surface area contributed by atoms with Crippen molar-refractivity contribution in [1.82, 2.24) is 5.32 Å². The normalized spacial score (nSPS) is 12.2. The molecule has 0 bridgehead atoms. The summed E-state index contributed by atoms with van der Waals surface area (Å²) >= 11 is 9.36. The summed E-state index contributed by atoms with van der Waals surface area (Å²) in [6.07, 6.45) is 0.819. The lowest BCUT2D eigenvalue weighted by Crippen LogP contribution is -2.38. The number of carbonyl (C=O) groups is 1. The molecule has 0 fully saturated rings. The molecule has 3 nitrogen and oxygen atoms in total. The standard InChI is InChI=1S/C13H17BrClNO2/c1-9-3-4-10(7-12(9)15)13(17)16-11(5-6-14)8-18-2/h3-4,7,11H,5-6,8H2,1-2H3,(H,16,17). The molecule has 1 aromatic rings. The van der Waals surface area contributed by atoms with Crippen LogP contribution in [0.2, 0.25) is 5.02 Å². The second-order valence-corrected chi connectivity index (χ2v) is 5.27. The van der Waals surface area contributed by atoms with Crippen molar-refractivity contribution >= 4 is 33.4 Å². The zero-order chi connectivity index (χ0) is 13.5. The van der Waals surface area contributed by atoms with Crippen LogP contribution in [-0.4, -0.2) is 31.0 Å². The predicted octanol–water partition coefficient (Wildman–Crippen LogP) is 3.18. The number of carbonyl (C=O) groups excluding carboxylic acids is 1. The topological polar surface area (TPSA) is 38.3 Å². The Bertz CT molecular complexity index is 406. The second kappa shape index (κ2) is 7.77. The average Bonchev–Trinajstić information content (AvgIpc) is 2.33. The van der Waals surface area contributed by atoms with Crippen molar-refractivity contribution in [2.45, 2.75) is 19.4 Å². The van der Waals surface area contributed by atoms with Crippen LogP contribution in [0.1, 0.15) is 22.3 Å². The van der Waals surface area contributed by atoms with E-state index in [1.807, 2.05) is 13.0 Å². The van der Waals surface area contributed by atoms with Gasteiger partial charge in [0.1, 0.15) is 0 Å². The van der Waals surface area contributed by atoms with Crippen LogP contribution >= 0.6 is 27.5 Å². The van der Waals surface area contributed by atoms with Crippen LogP contribution in [0.5, 0.6) is 0 Å². The number of hydrogen-bond acceptors (Lipinski definition) is 2. The molecule has 0 aliphatic carbocycles. The fraction of sp³-hybridized carbons (Fsp3) is 0.462. The van der Waals surface area contributed by atoms with Crippen molar-refractivity contribution in [3.8, 4) is 0 Å². The van der Waals surface area contributed by atoms with Gasteiger partial charge < -0.3 is 10.1 Å². The van der Waals surface area contributed by atoms with Gasteiger partial charge in [-0.2, -0.15) is 0 Å². The summed E-state index contributed by atoms with van der Waals surface area (Å²) in [6.45, 7) is 2.40. The van der Waals surface area contributed by atoms with Crippen LogP contribution in [0.15, 0.2) is 18.2 Å². The molecular weight excluding hydrogens is 318 g/mol. The van der Waals surface area contributed by atoms with E-state index < -0.39 is 0 Å². The number of nitrogens with one attached hydrogen (secondary N) is 1. The van der Waals surface area contributed by atoms with Crippen molar-refractivity contribution in [1.29, 1.82) is 0 Å². The number of halogens is 2. The first-order chi connectivity index (χ1) is 8.58. The third kappa shape index (κ3) is 4.59. The average molecular weight is 335 g/mol. The quantitative estimate of drug-likeness (QED) is 0.812. The molecule has 1 unspecified atom stereocenters. The maximum Gasteiger partial charge on any atom is 0.251 e. The summed E-state index contributed by atoms with van der Waals surface area (Å²) in [5.74, 6) is -0.125. The molecule has 0 saturated carbocycles. The Morgan fingerprint density at radius 1 is 1.56 bits per heavy atom. The second-order valence-electron chi connectivity index (χ2n) is 4.07. The van der Waals surface area contributed by atoms with E-state index in [0.29, 0.717) is 17.2 Å². The van der Waals surface area contributed by atoms with Gasteiger partial charge in [0.25, 0.3) is 5.91 Å². The molecule has 0 aliphatic heterocycles. The van der Waals surface area contributed by atoms with Gasteiger partial charge in [-0.1, -0.05) is 33.6 Å². The molecule has 0 aromatic heterocycles. The lowest BCUT2D eigenvalue weighted by atomic mass is 10.1. The Hall–Kier alpha value is -0.580. The number of amides is 1. The first-order valence-electron chi connectivity index (χ1n) is 5.70. The number of methoxy groups -OCH3 is 1. The van der Waals surface area contributed by atoms with Crippen molar-refractivity contribution in [3.05, 3.63) is 34.3 Å². The Morgan fingerprint density at radius 3 is 2.83 bits per heavy atom. The van der Waals surface area contributed by atoms with Gasteiger partial charge in [-0.15, -0.1) is 0 Å². The van der Waals surface area contributed by atoms with Gasteiger partial charge in [0.2, 0.25) is 0 Å². The minimum Gasteiger partial charge on any atom is -0.383 e. The van der Waals surface area contributed by atoms with Gasteiger partial charge in [0.05, 0.1) is 12.6 Å². The fourth-order valence-corrected chi connectivity index (χ4v) is 2.27. The molecule has 0 radical (unpaired) electrons. The molecule has 0 spiro atoms. The molecule has 0 aliphatic rings. The number of rotatable bonds is 6. The van der Waals surface area contributed by atoms with E-state index in [4.69, 9.17) is 16.3 Å². The number of ether oxygens (including phenoxy) is 1. The highest BCUT2D eigenvalue weighted by molar-refractivity contribution is 9.09. The number of alkyl halides is 1. The number of aryl methyl sites for hydroxylation is 1. The van der Waals surface area contributed by atoms with Crippen molar-refractivity contribution in [3.63, 3.8) is 0 Å². The van der Waals surface area contributed by atoms with Crippen LogP contribution in [0.4, 0.5) is 0 Å². The van der Waals surface area contributed by atoms with E-state index in [0.717, 1.165) is 17.3 Å². The molecule has 1 amide bonds. The minimum absolute atomic E-state index is 0.00181. The van der Waals surface area contributed by atoms with Gasteiger partial charge in [-0.25, -0.2) is 0 Å². The van der Waals surface area contributed by atoms with E-state index in [1.165, 1.54) is 0 Å². The first-order valence-corrected chi connectivity index (χ1v) is 7.20. The zero-order valence-electron chi connectivity index (χ0n) is 10.5. The molecule has 0 saturated heterocycles. The molecule has 18 heavy (non-hydrogen) atoms. The minimum atomic E-state index is -0.125. The van der Waals surface area contributed by atoms with Crippen LogP contribution in [0.3, 0.4) is 0 Å². The third-order valence-electron chi connectivity index (χ3n) is 2.59. The van der Waals surface area contributed by atoms with Crippen LogP contribution in [0.25, 0.3) is 0 Å². The summed E-state index contributed by atoms with van der Waals surface area (Å²) in [4.78, 5) is 12.0. The summed E-state index contributed by atoms with van der Waals surface area (Å²) in [5, 5.41) is 4.35. The van der Waals surface area contributed by atoms with E-state index in [1.54, 1.807) is 19.2 Å². The Balaban J connectivity index is 2.70. The van der Waals surface area contributed by atoms with Gasteiger partial charge in [-0.05, 0) is 31.0 Å². The molecule has 0 heterocycles. The lowest BCUT2D eigenvalue weighted by molar-refractivity contribution is 0.0895. The highest BCUT2D eigenvalue weighted by atomic mass is 79.9. The smallest absolute Gasteiger partial charge is 0.251 e.